The van der Waals surface area contributed by atoms with Crippen LogP contribution in [0.1, 0.15) is 65.4 Å². The summed E-state index contributed by atoms with van der Waals surface area (Å²) in [6.07, 6.45) is 8.12. The number of ether oxygens (including phenoxy) is 4. The molecule has 3 heterocycles. The topological polar surface area (TPSA) is 133 Å². The Labute approximate surface area is 332 Å². The number of nitrogens with zero attached hydrogens (tertiary/aromatic N) is 5. The van der Waals surface area contributed by atoms with Gasteiger partial charge in [-0.1, -0.05) is 92.1 Å². The van der Waals surface area contributed by atoms with Gasteiger partial charge < -0.3 is 29.4 Å². The Balaban J connectivity index is 1.19. The molecule has 2 N–H and O–H groups in total. The Bertz CT molecular complexity index is 2200. The molecule has 57 heavy (non-hydrogen) atoms. The normalized spacial score (nSPS) is 19.3. The maximum absolute atomic E-state index is 13.1. The Kier molecular flexibility index (Phi) is 11.3. The lowest BCUT2D eigenvalue weighted by atomic mass is 9.79. The van der Waals surface area contributed by atoms with Crippen LogP contribution in [0.25, 0.3) is 11.2 Å². The van der Waals surface area contributed by atoms with E-state index in [1.165, 1.54) is 12.7 Å². The Morgan fingerprint density at radius 3 is 2.05 bits per heavy atom. The number of aliphatic hydroxyl groups excluding tert-OH is 1. The van der Waals surface area contributed by atoms with Crippen molar-refractivity contribution in [2.24, 2.45) is 0 Å². The molecule has 0 spiro atoms. The zero-order valence-electron chi connectivity index (χ0n) is 32.3. The molecule has 0 radical (unpaired) electrons. The van der Waals surface area contributed by atoms with Crippen molar-refractivity contribution in [2.75, 3.05) is 45.8 Å². The van der Waals surface area contributed by atoms with E-state index in [4.69, 9.17) is 23.9 Å². The molecule has 2 aliphatic rings. The van der Waals surface area contributed by atoms with Gasteiger partial charge in [-0.15, -0.1) is 0 Å². The number of carbonyl (C=O) groups excluding carboxylic acids is 1. The molecule has 1 saturated heterocycles. The summed E-state index contributed by atoms with van der Waals surface area (Å²) >= 11 is 0. The first-order valence-corrected chi connectivity index (χ1v) is 19.5. The Hall–Kier alpha value is -5.66. The van der Waals surface area contributed by atoms with Gasteiger partial charge in [-0.05, 0) is 65.9 Å². The summed E-state index contributed by atoms with van der Waals surface area (Å²) in [4.78, 5) is 29.3. The standard InChI is InChI=1S/C45H48N6O6/c1-54-37-22-18-34(19-23-37)45(33-14-8-4-9-15-33,35-20-24-38(55-2)25-21-35)56-29-44(28-52)27-50(36-16-10-5-11-17-36)26-39(57-44)51-31-48-40-41(46-30-47-42(40)51)49-43(53)32-12-6-3-7-13-32/h3-4,6-9,12-15,18-25,30-31,36,39,52H,5,10-11,16-17,26-29H2,1-2H3,(H,46,47,49,53)/t39-,44+/m1/s1. The number of hydrogen-bond donors (Lipinski definition) is 2. The van der Waals surface area contributed by atoms with Crippen LogP contribution in [0.15, 0.2) is 122 Å². The van der Waals surface area contributed by atoms with E-state index in [9.17, 15) is 9.90 Å². The van der Waals surface area contributed by atoms with Crippen molar-refractivity contribution in [1.29, 1.82) is 0 Å². The van der Waals surface area contributed by atoms with E-state index in [-0.39, 0.29) is 19.1 Å². The van der Waals surface area contributed by atoms with Crippen LogP contribution in [-0.4, -0.2) is 87.6 Å². The number of hydrogen-bond acceptors (Lipinski definition) is 10. The van der Waals surface area contributed by atoms with Gasteiger partial charge in [0.25, 0.3) is 5.91 Å². The van der Waals surface area contributed by atoms with E-state index in [1.54, 1.807) is 32.7 Å². The van der Waals surface area contributed by atoms with Crippen LogP contribution in [0.2, 0.25) is 0 Å². The highest BCUT2D eigenvalue weighted by molar-refractivity contribution is 6.06. The van der Waals surface area contributed by atoms with Crippen molar-refractivity contribution in [3.05, 3.63) is 144 Å². The molecule has 2 atom stereocenters. The molecule has 2 aromatic heterocycles. The van der Waals surface area contributed by atoms with Crippen LogP contribution < -0.4 is 14.8 Å². The van der Waals surface area contributed by atoms with Crippen molar-refractivity contribution in [1.82, 2.24) is 24.4 Å². The molecule has 6 aromatic rings. The van der Waals surface area contributed by atoms with Gasteiger partial charge in [0.05, 0.1) is 33.8 Å². The average molecular weight is 769 g/mol. The zero-order valence-corrected chi connectivity index (χ0v) is 32.3. The number of rotatable bonds is 13. The number of aliphatic hydroxyl groups is 1. The van der Waals surface area contributed by atoms with Gasteiger partial charge in [0.15, 0.2) is 17.0 Å². The molecule has 0 unspecified atom stereocenters. The molecule has 294 valence electrons. The Morgan fingerprint density at radius 1 is 0.825 bits per heavy atom. The summed E-state index contributed by atoms with van der Waals surface area (Å²) < 4.78 is 27.4. The molecule has 12 nitrogen and oxygen atoms in total. The smallest absolute Gasteiger partial charge is 0.256 e. The molecule has 12 heteroatoms. The third-order valence-electron chi connectivity index (χ3n) is 11.3. The highest BCUT2D eigenvalue weighted by Gasteiger charge is 2.47. The number of nitrogens with one attached hydrogen (secondary N) is 1. The van der Waals surface area contributed by atoms with Crippen LogP contribution in [0.3, 0.4) is 0 Å². The number of carbonyl (C=O) groups is 1. The molecule has 0 bridgehead atoms. The molecule has 1 aliphatic carbocycles. The number of benzene rings is 4. The average Bonchev–Trinajstić information content (AvgIpc) is 3.73. The summed E-state index contributed by atoms with van der Waals surface area (Å²) in [5, 5.41) is 14.4. The molecule has 1 aliphatic heterocycles. The second-order valence-corrected chi connectivity index (χ2v) is 14.8. The van der Waals surface area contributed by atoms with Gasteiger partial charge in [-0.25, -0.2) is 15.0 Å². The number of methoxy groups -OCH3 is 2. The minimum Gasteiger partial charge on any atom is -0.497 e. The first-order valence-electron chi connectivity index (χ1n) is 19.5. The van der Waals surface area contributed by atoms with E-state index in [2.05, 4.69) is 32.3 Å². The molecule has 1 saturated carbocycles. The Morgan fingerprint density at radius 2 is 1.44 bits per heavy atom. The highest BCUT2D eigenvalue weighted by Crippen LogP contribution is 2.44. The summed E-state index contributed by atoms with van der Waals surface area (Å²) in [5.74, 6) is 1.46. The number of amides is 1. The van der Waals surface area contributed by atoms with Crippen molar-refractivity contribution >= 4 is 22.9 Å². The van der Waals surface area contributed by atoms with Crippen molar-refractivity contribution in [2.45, 2.75) is 55.6 Å². The molecule has 4 aromatic carbocycles. The lowest BCUT2D eigenvalue weighted by molar-refractivity contribution is -0.234. The minimum atomic E-state index is -1.16. The fraction of sp³-hybridized carbons (Fsp3) is 0.333. The van der Waals surface area contributed by atoms with Crippen LogP contribution in [0.5, 0.6) is 11.5 Å². The summed E-state index contributed by atoms with van der Waals surface area (Å²) in [6, 6.07) is 35.2. The van der Waals surface area contributed by atoms with E-state index >= 15 is 0 Å². The SMILES string of the molecule is COc1ccc(C(OC[C@@]2(CO)CN(C3CCCCC3)C[C@H](n3cnc4c(NC(=O)c5ccccc5)ncnc43)O2)(c2ccccc2)c2ccc(OC)cc2)cc1. The molecular weight excluding hydrogens is 721 g/mol. The predicted octanol–water partition coefficient (Wildman–Crippen LogP) is 7.00. The maximum Gasteiger partial charge on any atom is 0.256 e. The van der Waals surface area contributed by atoms with E-state index < -0.39 is 17.4 Å². The van der Waals surface area contributed by atoms with Crippen LogP contribution >= 0.6 is 0 Å². The number of fused-ring (bicyclic) bond motifs is 1. The van der Waals surface area contributed by atoms with Crippen molar-refractivity contribution in [3.63, 3.8) is 0 Å². The highest BCUT2D eigenvalue weighted by atomic mass is 16.6. The second kappa shape index (κ2) is 16.8. The van der Waals surface area contributed by atoms with Crippen molar-refractivity contribution in [3.8, 4) is 11.5 Å². The first-order chi connectivity index (χ1) is 27.9. The van der Waals surface area contributed by atoms with Gasteiger partial charge in [-0.2, -0.15) is 0 Å². The maximum atomic E-state index is 13.1. The third-order valence-corrected chi connectivity index (χ3v) is 11.3. The number of morpholine rings is 1. The number of anilines is 1. The van der Waals surface area contributed by atoms with E-state index in [0.29, 0.717) is 41.7 Å². The van der Waals surface area contributed by atoms with Gasteiger partial charge in [0.2, 0.25) is 0 Å². The van der Waals surface area contributed by atoms with Gasteiger partial charge in [0.1, 0.15) is 35.3 Å². The minimum absolute atomic E-state index is 0.0379. The molecule has 2 fully saturated rings. The molecular formula is C45H48N6O6. The van der Waals surface area contributed by atoms with Crippen LogP contribution in [0.4, 0.5) is 5.82 Å². The van der Waals surface area contributed by atoms with Gasteiger partial charge >= 0.3 is 0 Å². The van der Waals surface area contributed by atoms with Crippen LogP contribution in [-0.2, 0) is 15.1 Å². The van der Waals surface area contributed by atoms with Gasteiger partial charge in [0, 0.05) is 24.7 Å². The van der Waals surface area contributed by atoms with Crippen molar-refractivity contribution < 1.29 is 28.8 Å². The molecule has 1 amide bonds. The third kappa shape index (κ3) is 7.73. The fourth-order valence-corrected chi connectivity index (χ4v) is 8.32. The predicted molar refractivity (Wildman–Crippen MR) is 216 cm³/mol. The first kappa shape index (κ1) is 38.2. The van der Waals surface area contributed by atoms with Crippen LogP contribution in [0, 0.1) is 0 Å². The number of imidazole rings is 1. The largest absolute Gasteiger partial charge is 0.497 e. The lowest BCUT2D eigenvalue weighted by Crippen LogP contribution is -2.61. The monoisotopic (exact) mass is 768 g/mol. The lowest BCUT2D eigenvalue weighted by Gasteiger charge is -2.50. The quantitative estimate of drug-likeness (QED) is 0.118. The zero-order chi connectivity index (χ0) is 39.2. The summed E-state index contributed by atoms with van der Waals surface area (Å²) in [7, 11) is 3.30. The number of aromatic nitrogens is 4. The van der Waals surface area contributed by atoms with E-state index in [0.717, 1.165) is 53.9 Å². The fourth-order valence-electron chi connectivity index (χ4n) is 8.32. The van der Waals surface area contributed by atoms with Gasteiger partial charge in [-0.3, -0.25) is 14.3 Å². The second-order valence-electron chi connectivity index (χ2n) is 14.8. The summed E-state index contributed by atoms with van der Waals surface area (Å²) in [5.41, 5.74) is 1.85. The molecule has 8 rings (SSSR count). The van der Waals surface area contributed by atoms with E-state index in [1.807, 2.05) is 89.5 Å². The summed E-state index contributed by atoms with van der Waals surface area (Å²) in [6.45, 7) is 0.744.